The molecule has 16 heavy (non-hydrogen) atoms. The smallest absolute Gasteiger partial charge is 0.0809 e. The molecule has 0 spiro atoms. The molecular weight excluding hydrogens is 222 g/mol. The van der Waals surface area contributed by atoms with Gasteiger partial charge in [0.1, 0.15) is 0 Å². The molecule has 1 N–H and O–H groups in total. The van der Waals surface area contributed by atoms with Crippen molar-refractivity contribution in [2.75, 3.05) is 26.9 Å². The first-order valence-electron chi connectivity index (χ1n) is 5.71. The zero-order chi connectivity index (χ0) is 11.6. The van der Waals surface area contributed by atoms with E-state index < -0.39 is 0 Å². The van der Waals surface area contributed by atoms with Gasteiger partial charge in [-0.25, -0.2) is 0 Å². The summed E-state index contributed by atoms with van der Waals surface area (Å²) in [4.78, 5) is 2.67. The van der Waals surface area contributed by atoms with Crippen molar-refractivity contribution in [2.24, 2.45) is 0 Å². The fourth-order valence-corrected chi connectivity index (χ4v) is 2.25. The number of methoxy groups -OCH3 is 1. The normalized spacial score (nSPS) is 10.9. The molecule has 0 saturated carbocycles. The highest BCUT2D eigenvalue weighted by Crippen LogP contribution is 2.17. The molecule has 4 heteroatoms. The lowest BCUT2D eigenvalue weighted by Gasteiger charge is -2.01. The van der Waals surface area contributed by atoms with Crippen LogP contribution in [0.5, 0.6) is 0 Å². The molecule has 0 amide bonds. The predicted molar refractivity (Wildman–Crippen MR) is 67.8 cm³/mol. The van der Waals surface area contributed by atoms with Gasteiger partial charge in [0.25, 0.3) is 0 Å². The van der Waals surface area contributed by atoms with Gasteiger partial charge in [-0.2, -0.15) is 0 Å². The van der Waals surface area contributed by atoms with Crippen LogP contribution in [0.4, 0.5) is 0 Å². The summed E-state index contributed by atoms with van der Waals surface area (Å²) in [5.41, 5.74) is 0. The summed E-state index contributed by atoms with van der Waals surface area (Å²) in [5, 5.41) is 3.31. The van der Waals surface area contributed by atoms with E-state index in [0.29, 0.717) is 0 Å². The van der Waals surface area contributed by atoms with Crippen molar-refractivity contribution < 1.29 is 9.47 Å². The van der Waals surface area contributed by atoms with Crippen LogP contribution in [0.15, 0.2) is 12.1 Å². The SMILES string of the molecule is CCNCc1ccc(COCCCOC)s1. The van der Waals surface area contributed by atoms with Crippen LogP contribution in [0.3, 0.4) is 0 Å². The Hall–Kier alpha value is -0.420. The molecule has 1 heterocycles. The summed E-state index contributed by atoms with van der Waals surface area (Å²) in [5.74, 6) is 0. The first-order chi connectivity index (χ1) is 7.86. The summed E-state index contributed by atoms with van der Waals surface area (Å²) < 4.78 is 10.5. The lowest BCUT2D eigenvalue weighted by molar-refractivity contribution is 0.0943. The van der Waals surface area contributed by atoms with Crippen molar-refractivity contribution >= 4 is 11.3 Å². The van der Waals surface area contributed by atoms with E-state index in [0.717, 1.165) is 39.3 Å². The van der Waals surface area contributed by atoms with Gasteiger partial charge >= 0.3 is 0 Å². The van der Waals surface area contributed by atoms with E-state index in [9.17, 15) is 0 Å². The molecular formula is C12H21NO2S. The Morgan fingerprint density at radius 2 is 2.06 bits per heavy atom. The fraction of sp³-hybridized carbons (Fsp3) is 0.667. The minimum absolute atomic E-state index is 0.723. The number of rotatable bonds is 9. The van der Waals surface area contributed by atoms with E-state index in [-0.39, 0.29) is 0 Å². The molecule has 0 aliphatic rings. The summed E-state index contributed by atoms with van der Waals surface area (Å²) in [6.45, 7) is 6.37. The predicted octanol–water partition coefficient (Wildman–Crippen LogP) is 2.41. The molecule has 0 fully saturated rings. The maximum absolute atomic E-state index is 5.55. The fourth-order valence-electron chi connectivity index (χ4n) is 1.32. The van der Waals surface area contributed by atoms with Gasteiger partial charge in [-0.15, -0.1) is 11.3 Å². The lowest BCUT2D eigenvalue weighted by atomic mass is 10.4. The van der Waals surface area contributed by atoms with E-state index in [2.05, 4.69) is 24.4 Å². The summed E-state index contributed by atoms with van der Waals surface area (Å²) in [7, 11) is 1.71. The van der Waals surface area contributed by atoms with Crippen LogP contribution in [0.2, 0.25) is 0 Å². The third-order valence-corrected chi connectivity index (χ3v) is 3.21. The van der Waals surface area contributed by atoms with Crippen molar-refractivity contribution in [2.45, 2.75) is 26.5 Å². The average Bonchev–Trinajstić information content (AvgIpc) is 2.74. The molecule has 0 aliphatic carbocycles. The van der Waals surface area contributed by atoms with E-state index in [1.54, 1.807) is 7.11 Å². The highest BCUT2D eigenvalue weighted by Gasteiger charge is 1.99. The molecule has 0 bridgehead atoms. The van der Waals surface area contributed by atoms with Crippen molar-refractivity contribution in [1.82, 2.24) is 5.32 Å². The molecule has 0 aliphatic heterocycles. The monoisotopic (exact) mass is 243 g/mol. The van der Waals surface area contributed by atoms with E-state index >= 15 is 0 Å². The Bertz CT molecular complexity index is 276. The van der Waals surface area contributed by atoms with Crippen LogP contribution >= 0.6 is 11.3 Å². The van der Waals surface area contributed by atoms with Crippen LogP contribution in [0.1, 0.15) is 23.1 Å². The summed E-state index contributed by atoms with van der Waals surface area (Å²) >= 11 is 1.82. The summed E-state index contributed by atoms with van der Waals surface area (Å²) in [6, 6.07) is 4.31. The van der Waals surface area contributed by atoms with Crippen LogP contribution in [-0.4, -0.2) is 26.9 Å². The van der Waals surface area contributed by atoms with Gasteiger partial charge in [0.15, 0.2) is 0 Å². The number of nitrogens with one attached hydrogen (secondary N) is 1. The molecule has 1 rings (SSSR count). The van der Waals surface area contributed by atoms with E-state index in [4.69, 9.17) is 9.47 Å². The average molecular weight is 243 g/mol. The molecule has 3 nitrogen and oxygen atoms in total. The Morgan fingerprint density at radius 1 is 1.25 bits per heavy atom. The van der Waals surface area contributed by atoms with E-state index in [1.165, 1.54) is 9.75 Å². The number of thiophene rings is 1. The lowest BCUT2D eigenvalue weighted by Crippen LogP contribution is -2.10. The van der Waals surface area contributed by atoms with Crippen molar-refractivity contribution in [3.63, 3.8) is 0 Å². The van der Waals surface area contributed by atoms with Crippen molar-refractivity contribution in [3.8, 4) is 0 Å². The van der Waals surface area contributed by atoms with Crippen LogP contribution < -0.4 is 5.32 Å². The van der Waals surface area contributed by atoms with Crippen molar-refractivity contribution in [1.29, 1.82) is 0 Å². The van der Waals surface area contributed by atoms with Gasteiger partial charge in [0.2, 0.25) is 0 Å². The van der Waals surface area contributed by atoms with Crippen LogP contribution in [-0.2, 0) is 22.6 Å². The Labute approximate surface area is 102 Å². The van der Waals surface area contributed by atoms with Gasteiger partial charge in [0, 0.05) is 36.6 Å². The second-order valence-electron chi connectivity index (χ2n) is 3.55. The Kier molecular flexibility index (Phi) is 7.42. The van der Waals surface area contributed by atoms with E-state index in [1.807, 2.05) is 11.3 Å². The topological polar surface area (TPSA) is 30.5 Å². The maximum Gasteiger partial charge on any atom is 0.0809 e. The molecule has 0 radical (unpaired) electrons. The van der Waals surface area contributed by atoms with Gasteiger partial charge in [-0.1, -0.05) is 6.92 Å². The molecule has 1 aromatic heterocycles. The minimum Gasteiger partial charge on any atom is -0.385 e. The molecule has 0 saturated heterocycles. The number of hydrogen-bond acceptors (Lipinski definition) is 4. The van der Waals surface area contributed by atoms with Crippen molar-refractivity contribution in [3.05, 3.63) is 21.9 Å². The minimum atomic E-state index is 0.723. The first-order valence-corrected chi connectivity index (χ1v) is 6.53. The van der Waals surface area contributed by atoms with Crippen LogP contribution in [0.25, 0.3) is 0 Å². The van der Waals surface area contributed by atoms with Crippen LogP contribution in [0, 0.1) is 0 Å². The molecule has 0 atom stereocenters. The number of ether oxygens (including phenoxy) is 2. The van der Waals surface area contributed by atoms with Gasteiger partial charge in [-0.3, -0.25) is 0 Å². The van der Waals surface area contributed by atoms with Gasteiger partial charge in [-0.05, 0) is 25.1 Å². The largest absolute Gasteiger partial charge is 0.385 e. The third kappa shape index (κ3) is 5.61. The number of hydrogen-bond donors (Lipinski definition) is 1. The first kappa shape index (κ1) is 13.6. The third-order valence-electron chi connectivity index (χ3n) is 2.15. The molecule has 0 aromatic carbocycles. The Balaban J connectivity index is 2.14. The second kappa shape index (κ2) is 8.70. The standard InChI is InChI=1S/C12H21NO2S/c1-3-13-9-11-5-6-12(16-11)10-15-8-4-7-14-2/h5-6,13H,3-4,7-10H2,1-2H3. The highest BCUT2D eigenvalue weighted by atomic mass is 32.1. The van der Waals surface area contributed by atoms with Gasteiger partial charge < -0.3 is 14.8 Å². The molecule has 0 unspecified atom stereocenters. The van der Waals surface area contributed by atoms with Gasteiger partial charge in [0.05, 0.1) is 6.61 Å². The molecule has 92 valence electrons. The quantitative estimate of drug-likeness (QED) is 0.676. The maximum atomic E-state index is 5.55. The molecule has 1 aromatic rings. The Morgan fingerprint density at radius 3 is 2.81 bits per heavy atom. The zero-order valence-electron chi connectivity index (χ0n) is 10.1. The zero-order valence-corrected chi connectivity index (χ0v) is 10.9. The highest BCUT2D eigenvalue weighted by molar-refractivity contribution is 7.11. The summed E-state index contributed by atoms with van der Waals surface area (Å²) in [6.07, 6.45) is 0.964. The second-order valence-corrected chi connectivity index (χ2v) is 4.80.